The molecule has 0 atom stereocenters. The van der Waals surface area contributed by atoms with Crippen LogP contribution < -0.4 is 5.32 Å². The second kappa shape index (κ2) is 5.48. The number of rotatable bonds is 5. The number of benzene rings is 1. The summed E-state index contributed by atoms with van der Waals surface area (Å²) >= 11 is 0. The van der Waals surface area contributed by atoms with Crippen LogP contribution in [0.15, 0.2) is 45.7 Å². The van der Waals surface area contributed by atoms with Crippen molar-refractivity contribution in [1.82, 2.24) is 0 Å². The maximum absolute atomic E-state index is 12.0. The van der Waals surface area contributed by atoms with Crippen LogP contribution in [0.25, 0.3) is 0 Å². The van der Waals surface area contributed by atoms with Crippen molar-refractivity contribution in [2.45, 2.75) is 25.3 Å². The molecule has 0 saturated carbocycles. The van der Waals surface area contributed by atoms with Gasteiger partial charge in [0.15, 0.2) is 9.84 Å². The van der Waals surface area contributed by atoms with Gasteiger partial charge in [-0.25, -0.2) is 8.42 Å². The van der Waals surface area contributed by atoms with Crippen LogP contribution in [0.1, 0.15) is 18.4 Å². The van der Waals surface area contributed by atoms with Gasteiger partial charge in [0.25, 0.3) is 0 Å². The Morgan fingerprint density at radius 2 is 1.89 bits per heavy atom. The first-order valence-corrected chi connectivity index (χ1v) is 7.79. The Labute approximate surface area is 113 Å². The highest BCUT2D eigenvalue weighted by atomic mass is 32.2. The van der Waals surface area contributed by atoms with Crippen molar-refractivity contribution in [3.8, 4) is 0 Å². The van der Waals surface area contributed by atoms with Gasteiger partial charge in [-0.1, -0.05) is 19.1 Å². The Morgan fingerprint density at radius 3 is 2.53 bits per heavy atom. The number of nitrogens with one attached hydrogen (secondary N) is 1. The maximum Gasteiger partial charge on any atom is 0.180 e. The molecule has 0 aliphatic heterocycles. The van der Waals surface area contributed by atoms with E-state index in [-0.39, 0.29) is 5.75 Å². The summed E-state index contributed by atoms with van der Waals surface area (Å²) in [7, 11) is -3.22. The molecule has 1 N–H and O–H groups in total. The van der Waals surface area contributed by atoms with Crippen molar-refractivity contribution >= 4 is 15.5 Å². The number of anilines is 1. The molecule has 0 aliphatic rings. The Kier molecular flexibility index (Phi) is 3.95. The van der Waals surface area contributed by atoms with Crippen molar-refractivity contribution < 1.29 is 12.8 Å². The summed E-state index contributed by atoms with van der Waals surface area (Å²) < 4.78 is 29.4. The Bertz CT molecular complexity index is 659. The van der Waals surface area contributed by atoms with Crippen molar-refractivity contribution in [1.29, 1.82) is 0 Å². The Morgan fingerprint density at radius 1 is 1.16 bits per heavy atom. The lowest BCUT2D eigenvalue weighted by Crippen LogP contribution is -2.08. The summed E-state index contributed by atoms with van der Waals surface area (Å²) in [6.45, 7) is 3.98. The summed E-state index contributed by atoms with van der Waals surface area (Å²) in [4.78, 5) is 0.334. The molecular weight excluding hydrogens is 262 g/mol. The van der Waals surface area contributed by atoms with Crippen LogP contribution in [0.5, 0.6) is 0 Å². The minimum atomic E-state index is -3.22. The maximum atomic E-state index is 12.0. The lowest BCUT2D eigenvalue weighted by Gasteiger charge is -2.10. The zero-order chi connectivity index (χ0) is 13.9. The van der Waals surface area contributed by atoms with E-state index in [0.717, 1.165) is 11.5 Å². The molecule has 19 heavy (non-hydrogen) atoms. The molecule has 0 bridgehead atoms. The molecule has 102 valence electrons. The van der Waals surface area contributed by atoms with E-state index >= 15 is 0 Å². The third-order valence-electron chi connectivity index (χ3n) is 2.85. The monoisotopic (exact) mass is 279 g/mol. The number of aryl methyl sites for hydroxylation is 1. The van der Waals surface area contributed by atoms with Gasteiger partial charge in [0.1, 0.15) is 11.5 Å². The fourth-order valence-corrected chi connectivity index (χ4v) is 2.87. The van der Waals surface area contributed by atoms with E-state index in [1.165, 1.54) is 0 Å². The zero-order valence-electron chi connectivity index (χ0n) is 11.0. The summed E-state index contributed by atoms with van der Waals surface area (Å²) in [5.41, 5.74) is 0.610. The van der Waals surface area contributed by atoms with Crippen molar-refractivity contribution in [3.05, 3.63) is 47.9 Å². The first-order valence-electron chi connectivity index (χ1n) is 6.14. The van der Waals surface area contributed by atoms with Crippen LogP contribution in [0.4, 0.5) is 5.69 Å². The van der Waals surface area contributed by atoms with Gasteiger partial charge >= 0.3 is 0 Å². The lowest BCUT2D eigenvalue weighted by atomic mass is 10.3. The standard InChI is InChI=1S/C14H17NO3S/c1-3-19(16,17)14-7-5-4-6-13(14)15-10-12-9-8-11(2)18-12/h4-9,15H,3,10H2,1-2H3. The van der Waals surface area contributed by atoms with Gasteiger partial charge in [-0.2, -0.15) is 0 Å². The van der Waals surface area contributed by atoms with Gasteiger partial charge in [-0.15, -0.1) is 0 Å². The molecule has 0 spiro atoms. The van der Waals surface area contributed by atoms with Crippen molar-refractivity contribution in [2.24, 2.45) is 0 Å². The van der Waals surface area contributed by atoms with Gasteiger partial charge in [0, 0.05) is 0 Å². The molecule has 2 rings (SSSR count). The SMILES string of the molecule is CCS(=O)(=O)c1ccccc1NCc1ccc(C)o1. The predicted octanol–water partition coefficient (Wildman–Crippen LogP) is 2.99. The topological polar surface area (TPSA) is 59.3 Å². The molecule has 1 aromatic heterocycles. The number of hydrogen-bond acceptors (Lipinski definition) is 4. The van der Waals surface area contributed by atoms with Crippen LogP contribution in [0.3, 0.4) is 0 Å². The highest BCUT2D eigenvalue weighted by molar-refractivity contribution is 7.91. The predicted molar refractivity (Wildman–Crippen MR) is 74.9 cm³/mol. The van der Waals surface area contributed by atoms with E-state index in [1.54, 1.807) is 25.1 Å². The number of para-hydroxylation sites is 1. The first-order chi connectivity index (χ1) is 9.03. The molecule has 0 radical (unpaired) electrons. The van der Waals surface area contributed by atoms with Crippen molar-refractivity contribution in [3.63, 3.8) is 0 Å². The Hall–Kier alpha value is -1.75. The zero-order valence-corrected chi connectivity index (χ0v) is 11.8. The van der Waals surface area contributed by atoms with Crippen LogP contribution >= 0.6 is 0 Å². The van der Waals surface area contributed by atoms with Crippen LogP contribution in [0.2, 0.25) is 0 Å². The smallest absolute Gasteiger partial charge is 0.180 e. The minimum absolute atomic E-state index is 0.0888. The highest BCUT2D eigenvalue weighted by Crippen LogP contribution is 2.22. The molecule has 0 saturated heterocycles. The van der Waals surface area contributed by atoms with Gasteiger partial charge in [0.05, 0.1) is 22.9 Å². The minimum Gasteiger partial charge on any atom is -0.465 e. The highest BCUT2D eigenvalue weighted by Gasteiger charge is 2.15. The van der Waals surface area contributed by atoms with E-state index in [4.69, 9.17) is 4.42 Å². The quantitative estimate of drug-likeness (QED) is 0.914. The summed E-state index contributed by atoms with van der Waals surface area (Å²) in [6, 6.07) is 10.7. The lowest BCUT2D eigenvalue weighted by molar-refractivity contribution is 0.490. The van der Waals surface area contributed by atoms with E-state index in [1.807, 2.05) is 25.1 Å². The van der Waals surface area contributed by atoms with Crippen LogP contribution in [0, 0.1) is 6.92 Å². The van der Waals surface area contributed by atoms with Gasteiger partial charge < -0.3 is 9.73 Å². The van der Waals surface area contributed by atoms with E-state index < -0.39 is 9.84 Å². The molecule has 2 aromatic rings. The van der Waals surface area contributed by atoms with Crippen LogP contribution in [-0.2, 0) is 16.4 Å². The van der Waals surface area contributed by atoms with Gasteiger partial charge in [-0.05, 0) is 31.2 Å². The van der Waals surface area contributed by atoms with E-state index in [0.29, 0.717) is 17.1 Å². The van der Waals surface area contributed by atoms with Gasteiger partial charge in [0.2, 0.25) is 0 Å². The molecule has 0 amide bonds. The van der Waals surface area contributed by atoms with Gasteiger partial charge in [-0.3, -0.25) is 0 Å². The normalized spacial score (nSPS) is 11.5. The summed E-state index contributed by atoms with van der Waals surface area (Å²) in [6.07, 6.45) is 0. The number of sulfone groups is 1. The number of hydrogen-bond donors (Lipinski definition) is 1. The molecular formula is C14H17NO3S. The van der Waals surface area contributed by atoms with Crippen molar-refractivity contribution in [2.75, 3.05) is 11.1 Å². The summed E-state index contributed by atoms with van der Waals surface area (Å²) in [5.74, 6) is 1.71. The fraction of sp³-hybridized carbons (Fsp3) is 0.286. The molecule has 0 fully saturated rings. The second-order valence-corrected chi connectivity index (χ2v) is 6.51. The molecule has 1 heterocycles. The first kappa shape index (κ1) is 13.7. The third kappa shape index (κ3) is 3.17. The molecule has 1 aromatic carbocycles. The van der Waals surface area contributed by atoms with Crippen LogP contribution in [-0.4, -0.2) is 14.2 Å². The Balaban J connectivity index is 2.21. The second-order valence-electron chi connectivity index (χ2n) is 4.27. The average molecular weight is 279 g/mol. The average Bonchev–Trinajstić information content (AvgIpc) is 2.82. The van der Waals surface area contributed by atoms with E-state index in [2.05, 4.69) is 5.32 Å². The largest absolute Gasteiger partial charge is 0.465 e. The third-order valence-corrected chi connectivity index (χ3v) is 4.64. The fourth-order valence-electron chi connectivity index (χ4n) is 1.80. The molecule has 0 aliphatic carbocycles. The number of furan rings is 1. The molecule has 4 nitrogen and oxygen atoms in total. The molecule has 5 heteroatoms. The summed E-state index contributed by atoms with van der Waals surface area (Å²) in [5, 5.41) is 3.11. The molecule has 0 unspecified atom stereocenters. The van der Waals surface area contributed by atoms with E-state index in [9.17, 15) is 8.42 Å².